The summed E-state index contributed by atoms with van der Waals surface area (Å²) in [6.07, 6.45) is 9.35. The summed E-state index contributed by atoms with van der Waals surface area (Å²) in [6.45, 7) is 0.399. The van der Waals surface area contributed by atoms with E-state index in [4.69, 9.17) is 4.74 Å². The van der Waals surface area contributed by atoms with E-state index in [0.717, 1.165) is 24.2 Å². The third-order valence-electron chi connectivity index (χ3n) is 5.05. The molecule has 134 valence electrons. The van der Waals surface area contributed by atoms with E-state index < -0.39 is 0 Å². The van der Waals surface area contributed by atoms with E-state index in [2.05, 4.69) is 15.2 Å². The van der Waals surface area contributed by atoms with Crippen LogP contribution < -0.4 is 0 Å². The van der Waals surface area contributed by atoms with E-state index in [0.29, 0.717) is 18.1 Å². The summed E-state index contributed by atoms with van der Waals surface area (Å²) in [4.78, 5) is 19.3. The fraction of sp³-hybridized carbons (Fsp3) is 0.526. The molecule has 2 aromatic rings. The van der Waals surface area contributed by atoms with Crippen LogP contribution in [0.1, 0.15) is 65.8 Å². The van der Waals surface area contributed by atoms with Gasteiger partial charge in [0, 0.05) is 26.3 Å². The number of nitrogens with zero attached hydrogens (tertiary/aromatic N) is 3. The Morgan fingerprint density at radius 2 is 2.16 bits per heavy atom. The highest BCUT2D eigenvalue weighted by Crippen LogP contribution is 2.34. The molecule has 1 atom stereocenters. The van der Waals surface area contributed by atoms with Crippen molar-refractivity contribution in [2.45, 2.75) is 44.1 Å². The van der Waals surface area contributed by atoms with E-state index >= 15 is 0 Å². The van der Waals surface area contributed by atoms with Gasteiger partial charge in [0.1, 0.15) is 0 Å². The minimum Gasteiger partial charge on any atom is -0.382 e. The maximum atomic E-state index is 13.1. The van der Waals surface area contributed by atoms with Gasteiger partial charge in [0.25, 0.3) is 5.91 Å². The van der Waals surface area contributed by atoms with E-state index in [9.17, 15) is 4.79 Å². The second-order valence-electron chi connectivity index (χ2n) is 6.67. The molecule has 1 aliphatic rings. The molecular formula is C19H26N4O2. The topological polar surface area (TPSA) is 71.1 Å². The summed E-state index contributed by atoms with van der Waals surface area (Å²) >= 11 is 0. The molecule has 0 spiro atoms. The number of hydrogen-bond acceptors (Lipinski definition) is 4. The molecule has 1 aliphatic carbocycles. The van der Waals surface area contributed by atoms with Gasteiger partial charge in [0.15, 0.2) is 0 Å². The minimum atomic E-state index is -0.229. The first-order valence-electron chi connectivity index (χ1n) is 8.92. The van der Waals surface area contributed by atoms with Gasteiger partial charge in [-0.15, -0.1) is 0 Å². The van der Waals surface area contributed by atoms with Gasteiger partial charge in [-0.05, 0) is 25.0 Å². The van der Waals surface area contributed by atoms with Crippen LogP contribution in [0, 0.1) is 0 Å². The van der Waals surface area contributed by atoms with Gasteiger partial charge in [-0.3, -0.25) is 14.9 Å². The minimum absolute atomic E-state index is 0.0398. The van der Waals surface area contributed by atoms with Crippen molar-refractivity contribution in [1.29, 1.82) is 0 Å². The Morgan fingerprint density at radius 1 is 1.36 bits per heavy atom. The van der Waals surface area contributed by atoms with Crippen LogP contribution >= 0.6 is 0 Å². The summed E-state index contributed by atoms with van der Waals surface area (Å²) in [7, 11) is 3.44. The van der Waals surface area contributed by atoms with Crippen LogP contribution in [-0.2, 0) is 4.74 Å². The number of ether oxygens (including phenoxy) is 1. The molecule has 25 heavy (non-hydrogen) atoms. The van der Waals surface area contributed by atoms with Crippen LogP contribution in [0.15, 0.2) is 30.6 Å². The van der Waals surface area contributed by atoms with E-state index in [1.165, 1.54) is 19.3 Å². The molecule has 2 aromatic heterocycles. The highest BCUT2D eigenvalue weighted by atomic mass is 16.5. The maximum absolute atomic E-state index is 13.1. The quantitative estimate of drug-likeness (QED) is 0.874. The number of carbonyl (C=O) groups excluding carboxylic acids is 1. The average Bonchev–Trinajstić information content (AvgIpc) is 3.16. The van der Waals surface area contributed by atoms with Crippen molar-refractivity contribution in [3.05, 3.63) is 47.5 Å². The Kier molecular flexibility index (Phi) is 5.81. The highest BCUT2D eigenvalue weighted by molar-refractivity contribution is 5.95. The Morgan fingerprint density at radius 3 is 2.84 bits per heavy atom. The summed E-state index contributed by atoms with van der Waals surface area (Å²) in [5.41, 5.74) is 2.48. The molecule has 1 N–H and O–H groups in total. The van der Waals surface area contributed by atoms with Gasteiger partial charge in [-0.25, -0.2) is 0 Å². The van der Waals surface area contributed by atoms with Crippen molar-refractivity contribution in [3.8, 4) is 0 Å². The molecule has 0 aromatic carbocycles. The van der Waals surface area contributed by atoms with Crippen LogP contribution in [0.5, 0.6) is 0 Å². The second-order valence-corrected chi connectivity index (χ2v) is 6.67. The lowest BCUT2D eigenvalue weighted by Gasteiger charge is -2.28. The Hall–Kier alpha value is -2.21. The van der Waals surface area contributed by atoms with Gasteiger partial charge in [0.05, 0.1) is 35.8 Å². The van der Waals surface area contributed by atoms with Crippen molar-refractivity contribution in [3.63, 3.8) is 0 Å². The number of hydrogen-bond donors (Lipinski definition) is 1. The van der Waals surface area contributed by atoms with Crippen LogP contribution in [0.2, 0.25) is 0 Å². The van der Waals surface area contributed by atoms with Crippen molar-refractivity contribution in [1.82, 2.24) is 20.1 Å². The zero-order valence-corrected chi connectivity index (χ0v) is 14.9. The molecule has 6 heteroatoms. The molecule has 2 heterocycles. The van der Waals surface area contributed by atoms with Crippen molar-refractivity contribution < 1.29 is 9.53 Å². The van der Waals surface area contributed by atoms with Gasteiger partial charge in [0.2, 0.25) is 0 Å². The predicted octanol–water partition coefficient (Wildman–Crippen LogP) is 3.31. The largest absolute Gasteiger partial charge is 0.382 e. The summed E-state index contributed by atoms with van der Waals surface area (Å²) in [5, 5.41) is 7.24. The number of methoxy groups -OCH3 is 1. The molecule has 0 bridgehead atoms. The third kappa shape index (κ3) is 3.90. The lowest BCUT2D eigenvalue weighted by molar-refractivity contribution is 0.0593. The van der Waals surface area contributed by atoms with Crippen LogP contribution in [-0.4, -0.2) is 46.8 Å². The average molecular weight is 342 g/mol. The first kappa shape index (κ1) is 17.6. The van der Waals surface area contributed by atoms with Crippen molar-refractivity contribution in [2.75, 3.05) is 20.8 Å². The number of carbonyl (C=O) groups is 1. The Labute approximate surface area is 148 Å². The smallest absolute Gasteiger partial charge is 0.257 e. The highest BCUT2D eigenvalue weighted by Gasteiger charge is 2.29. The van der Waals surface area contributed by atoms with Crippen molar-refractivity contribution >= 4 is 5.91 Å². The summed E-state index contributed by atoms with van der Waals surface area (Å²) in [6, 6.07) is 5.49. The number of rotatable bonds is 6. The molecule has 3 rings (SSSR count). The standard InChI is InChI=1S/C19H26N4O2/c1-23(17(13-25-2)16-10-6-7-11-20-16)19(24)15-12-21-22-18(15)14-8-4-3-5-9-14/h6-7,10-12,14,17H,3-5,8-9,13H2,1-2H3,(H,21,22)/t17-/m1/s1. The molecular weight excluding hydrogens is 316 g/mol. The van der Waals surface area contributed by atoms with Crippen molar-refractivity contribution in [2.24, 2.45) is 0 Å². The van der Waals surface area contributed by atoms with E-state index in [1.807, 2.05) is 18.2 Å². The number of aromatic nitrogens is 3. The van der Waals surface area contributed by atoms with Crippen LogP contribution in [0.4, 0.5) is 0 Å². The first-order valence-corrected chi connectivity index (χ1v) is 8.92. The monoisotopic (exact) mass is 342 g/mol. The number of likely N-dealkylation sites (N-methyl/N-ethyl adjacent to an activating group) is 1. The van der Waals surface area contributed by atoms with Gasteiger partial charge >= 0.3 is 0 Å². The van der Waals surface area contributed by atoms with Gasteiger partial charge in [-0.1, -0.05) is 25.3 Å². The number of pyridine rings is 1. The number of aromatic amines is 1. The van der Waals surface area contributed by atoms with E-state index in [1.54, 1.807) is 31.5 Å². The normalized spacial score (nSPS) is 16.6. The SMILES string of the molecule is COC[C@H](c1ccccn1)N(C)C(=O)c1cn[nH]c1C1CCCCC1. The molecule has 1 fully saturated rings. The van der Waals surface area contributed by atoms with Crippen LogP contribution in [0.25, 0.3) is 0 Å². The maximum Gasteiger partial charge on any atom is 0.257 e. The second kappa shape index (κ2) is 8.25. The molecule has 1 saturated carbocycles. The van der Waals surface area contributed by atoms with E-state index in [-0.39, 0.29) is 11.9 Å². The summed E-state index contributed by atoms with van der Waals surface area (Å²) < 4.78 is 5.34. The molecule has 0 saturated heterocycles. The fourth-order valence-electron chi connectivity index (χ4n) is 3.63. The molecule has 6 nitrogen and oxygen atoms in total. The third-order valence-corrected chi connectivity index (χ3v) is 5.05. The zero-order valence-electron chi connectivity index (χ0n) is 14.9. The van der Waals surface area contributed by atoms with Gasteiger partial charge < -0.3 is 9.64 Å². The van der Waals surface area contributed by atoms with Gasteiger partial charge in [-0.2, -0.15) is 5.10 Å². The lowest BCUT2D eigenvalue weighted by atomic mass is 9.85. The lowest BCUT2D eigenvalue weighted by Crippen LogP contribution is -2.34. The molecule has 0 radical (unpaired) electrons. The zero-order chi connectivity index (χ0) is 17.6. The number of nitrogens with one attached hydrogen (secondary N) is 1. The molecule has 0 unspecified atom stereocenters. The van der Waals surface area contributed by atoms with Crippen LogP contribution in [0.3, 0.4) is 0 Å². The number of amides is 1. The summed E-state index contributed by atoms with van der Waals surface area (Å²) in [5.74, 6) is 0.362. The first-order chi connectivity index (χ1) is 12.2. The fourth-order valence-corrected chi connectivity index (χ4v) is 3.63. The Balaban J connectivity index is 1.83. The Bertz CT molecular complexity index is 680. The number of H-pyrrole nitrogens is 1. The predicted molar refractivity (Wildman–Crippen MR) is 95.4 cm³/mol. The molecule has 1 amide bonds. The molecule has 0 aliphatic heterocycles.